The lowest BCUT2D eigenvalue weighted by Crippen LogP contribution is -2.30. The highest BCUT2D eigenvalue weighted by atomic mass is 35.5. The highest BCUT2D eigenvalue weighted by Gasteiger charge is 2.31. The molecule has 0 aliphatic carbocycles. The van der Waals surface area contributed by atoms with Crippen molar-refractivity contribution in [1.29, 1.82) is 0 Å². The molecule has 0 aromatic heterocycles. The molecule has 0 amide bonds. The second-order valence-electron chi connectivity index (χ2n) is 4.82. The van der Waals surface area contributed by atoms with Gasteiger partial charge in [-0.2, -0.15) is 0 Å². The summed E-state index contributed by atoms with van der Waals surface area (Å²) in [6.07, 6.45) is 1.64. The Morgan fingerprint density at radius 3 is 2.32 bits per heavy atom. The summed E-state index contributed by atoms with van der Waals surface area (Å²) in [5, 5.41) is 0.809. The standard InChI is InChI=1S/C14H14Cl4O/c1-8(19)14(2,3)13(18)7-11(16)9-4-5-10(15)12(17)6-9/h4-7,13H,1-3H3. The van der Waals surface area contributed by atoms with Gasteiger partial charge in [0.2, 0.25) is 0 Å². The summed E-state index contributed by atoms with van der Waals surface area (Å²) < 4.78 is 0. The lowest BCUT2D eigenvalue weighted by atomic mass is 9.84. The maximum absolute atomic E-state index is 11.5. The number of carbonyl (C=O) groups is 1. The maximum Gasteiger partial charge on any atom is 0.137 e. The van der Waals surface area contributed by atoms with Crippen LogP contribution in [0.4, 0.5) is 0 Å². The first-order chi connectivity index (χ1) is 8.66. The molecule has 0 spiro atoms. The van der Waals surface area contributed by atoms with E-state index >= 15 is 0 Å². The Morgan fingerprint density at radius 1 is 1.26 bits per heavy atom. The first-order valence-corrected chi connectivity index (χ1v) is 7.21. The summed E-state index contributed by atoms with van der Waals surface area (Å²) in [6, 6.07) is 5.07. The summed E-state index contributed by atoms with van der Waals surface area (Å²) in [7, 11) is 0. The molecule has 1 unspecified atom stereocenters. The van der Waals surface area contributed by atoms with E-state index in [9.17, 15) is 4.79 Å². The van der Waals surface area contributed by atoms with Crippen molar-refractivity contribution >= 4 is 57.2 Å². The van der Waals surface area contributed by atoms with Gasteiger partial charge in [0.15, 0.2) is 0 Å². The molecular formula is C14H14Cl4O. The third-order valence-corrected chi connectivity index (χ3v) is 4.84. The van der Waals surface area contributed by atoms with E-state index in [4.69, 9.17) is 46.4 Å². The zero-order chi connectivity index (χ0) is 14.8. The van der Waals surface area contributed by atoms with Crippen molar-refractivity contribution in [1.82, 2.24) is 0 Å². The lowest BCUT2D eigenvalue weighted by molar-refractivity contribution is -0.124. The Balaban J connectivity index is 3.05. The highest BCUT2D eigenvalue weighted by molar-refractivity contribution is 6.50. The fraction of sp³-hybridized carbons (Fsp3) is 0.357. The van der Waals surface area contributed by atoms with Gasteiger partial charge in [0.05, 0.1) is 15.4 Å². The zero-order valence-electron chi connectivity index (χ0n) is 10.8. The van der Waals surface area contributed by atoms with Crippen molar-refractivity contribution in [2.45, 2.75) is 26.1 Å². The van der Waals surface area contributed by atoms with Crippen molar-refractivity contribution in [3.63, 3.8) is 0 Å². The molecule has 1 atom stereocenters. The molecule has 19 heavy (non-hydrogen) atoms. The summed E-state index contributed by atoms with van der Waals surface area (Å²) in [6.45, 7) is 5.07. The van der Waals surface area contributed by atoms with E-state index in [0.717, 1.165) is 0 Å². The van der Waals surface area contributed by atoms with Crippen LogP contribution in [0.1, 0.15) is 26.3 Å². The SMILES string of the molecule is CC(=O)C(C)(C)C(Cl)C=C(Cl)c1ccc(Cl)c(Cl)c1. The average molecular weight is 340 g/mol. The minimum Gasteiger partial charge on any atom is -0.299 e. The Morgan fingerprint density at radius 2 is 1.84 bits per heavy atom. The number of ketones is 1. The molecular weight excluding hydrogens is 326 g/mol. The second-order valence-corrected chi connectivity index (χ2v) is 6.51. The zero-order valence-corrected chi connectivity index (χ0v) is 13.8. The molecule has 0 fully saturated rings. The number of Topliss-reactive ketones (excluding diaryl/α,β-unsaturated/α-hetero) is 1. The van der Waals surface area contributed by atoms with Crippen LogP contribution in [0, 0.1) is 5.41 Å². The van der Waals surface area contributed by atoms with E-state index in [2.05, 4.69) is 0 Å². The first-order valence-electron chi connectivity index (χ1n) is 5.64. The normalized spacial score (nSPS) is 14.4. The summed E-state index contributed by atoms with van der Waals surface area (Å²) >= 11 is 24.2. The van der Waals surface area contributed by atoms with Gasteiger partial charge in [-0.05, 0) is 30.7 Å². The second kappa shape index (κ2) is 6.49. The van der Waals surface area contributed by atoms with Gasteiger partial charge in [-0.15, -0.1) is 11.6 Å². The third kappa shape index (κ3) is 4.13. The molecule has 0 saturated heterocycles. The monoisotopic (exact) mass is 338 g/mol. The molecule has 1 aromatic carbocycles. The van der Waals surface area contributed by atoms with Gasteiger partial charge in [0.1, 0.15) is 5.78 Å². The maximum atomic E-state index is 11.5. The number of rotatable bonds is 4. The van der Waals surface area contributed by atoms with Crippen LogP contribution < -0.4 is 0 Å². The predicted octanol–water partition coefficient (Wildman–Crippen LogP) is 5.80. The van der Waals surface area contributed by atoms with Crippen molar-refractivity contribution in [3.05, 3.63) is 39.9 Å². The van der Waals surface area contributed by atoms with Crippen LogP contribution in [0.3, 0.4) is 0 Å². The van der Waals surface area contributed by atoms with Gasteiger partial charge in [0.25, 0.3) is 0 Å². The van der Waals surface area contributed by atoms with Gasteiger partial charge in [-0.25, -0.2) is 0 Å². The van der Waals surface area contributed by atoms with E-state index in [0.29, 0.717) is 20.6 Å². The highest BCUT2D eigenvalue weighted by Crippen LogP contribution is 2.33. The summed E-state index contributed by atoms with van der Waals surface area (Å²) in [4.78, 5) is 11.5. The van der Waals surface area contributed by atoms with E-state index in [-0.39, 0.29) is 5.78 Å². The molecule has 0 aliphatic heterocycles. The molecule has 1 aromatic rings. The average Bonchev–Trinajstić information content (AvgIpc) is 2.32. The molecule has 0 N–H and O–H groups in total. The van der Waals surface area contributed by atoms with Gasteiger partial charge < -0.3 is 0 Å². The molecule has 0 bridgehead atoms. The topological polar surface area (TPSA) is 17.1 Å². The molecule has 104 valence electrons. The largest absolute Gasteiger partial charge is 0.299 e. The molecule has 5 heteroatoms. The lowest BCUT2D eigenvalue weighted by Gasteiger charge is -2.25. The van der Waals surface area contributed by atoms with Crippen molar-refractivity contribution in [2.75, 3.05) is 0 Å². The van der Waals surface area contributed by atoms with Crippen molar-refractivity contribution in [2.24, 2.45) is 5.41 Å². The number of hydrogen-bond acceptors (Lipinski definition) is 1. The fourth-order valence-corrected chi connectivity index (χ4v) is 2.16. The summed E-state index contributed by atoms with van der Waals surface area (Å²) in [5.74, 6) is 0.00218. The number of alkyl halides is 1. The van der Waals surface area contributed by atoms with Crippen LogP contribution >= 0.6 is 46.4 Å². The van der Waals surface area contributed by atoms with E-state index in [1.165, 1.54) is 6.92 Å². The minimum absolute atomic E-state index is 0.00218. The van der Waals surface area contributed by atoms with Gasteiger partial charge >= 0.3 is 0 Å². The first kappa shape index (κ1) is 16.8. The number of hydrogen-bond donors (Lipinski definition) is 0. The summed E-state index contributed by atoms with van der Waals surface area (Å²) in [5.41, 5.74) is 0.0267. The third-order valence-electron chi connectivity index (χ3n) is 3.08. The van der Waals surface area contributed by atoms with Crippen molar-refractivity contribution in [3.8, 4) is 0 Å². The molecule has 1 rings (SSSR count). The smallest absolute Gasteiger partial charge is 0.137 e. The molecule has 0 radical (unpaired) electrons. The number of carbonyl (C=O) groups excluding carboxylic acids is 1. The Bertz CT molecular complexity index is 520. The van der Waals surface area contributed by atoms with Gasteiger partial charge in [-0.3, -0.25) is 4.79 Å². The van der Waals surface area contributed by atoms with Crippen LogP contribution in [0.2, 0.25) is 10.0 Å². The molecule has 0 heterocycles. The van der Waals surface area contributed by atoms with Gasteiger partial charge in [-0.1, -0.05) is 54.7 Å². The van der Waals surface area contributed by atoms with Crippen molar-refractivity contribution < 1.29 is 4.79 Å². The predicted molar refractivity (Wildman–Crippen MR) is 84.4 cm³/mol. The van der Waals surface area contributed by atoms with E-state index in [1.54, 1.807) is 38.1 Å². The number of halogens is 4. The van der Waals surface area contributed by atoms with Crippen LogP contribution in [0.5, 0.6) is 0 Å². The number of allylic oxidation sites excluding steroid dienone is 1. The Labute approximate surface area is 133 Å². The Kier molecular flexibility index (Phi) is 5.76. The van der Waals surface area contributed by atoms with Crippen LogP contribution in [0.15, 0.2) is 24.3 Å². The van der Waals surface area contributed by atoms with Crippen LogP contribution in [-0.2, 0) is 4.79 Å². The fourth-order valence-electron chi connectivity index (χ4n) is 1.27. The quantitative estimate of drug-likeness (QED) is 0.634. The van der Waals surface area contributed by atoms with Crippen LogP contribution in [-0.4, -0.2) is 11.2 Å². The molecule has 0 saturated carbocycles. The van der Waals surface area contributed by atoms with Gasteiger partial charge in [0, 0.05) is 10.4 Å². The minimum atomic E-state index is -0.683. The number of benzene rings is 1. The van der Waals surface area contributed by atoms with Crippen LogP contribution in [0.25, 0.3) is 5.03 Å². The van der Waals surface area contributed by atoms with E-state index in [1.807, 2.05) is 0 Å². The Hall–Kier alpha value is -0.210. The van der Waals surface area contributed by atoms with E-state index < -0.39 is 10.8 Å². The molecule has 0 aliphatic rings. The molecule has 1 nitrogen and oxygen atoms in total.